The molecule has 2 aromatic carbocycles. The third-order valence-electron chi connectivity index (χ3n) is 2.66. The number of hydrogen-bond acceptors (Lipinski definition) is 3. The van der Waals surface area contributed by atoms with E-state index in [1.807, 2.05) is 0 Å². The van der Waals surface area contributed by atoms with Crippen LogP contribution < -0.4 is 5.32 Å². The molecular formula is C13H9F3N2O2. The summed E-state index contributed by atoms with van der Waals surface area (Å²) in [6.45, 7) is -0.0770. The van der Waals surface area contributed by atoms with Crippen molar-refractivity contribution in [3.8, 4) is 0 Å². The summed E-state index contributed by atoms with van der Waals surface area (Å²) in [5, 5.41) is 13.1. The van der Waals surface area contributed by atoms with Crippen molar-refractivity contribution >= 4 is 11.4 Å². The summed E-state index contributed by atoms with van der Waals surface area (Å²) >= 11 is 0. The summed E-state index contributed by atoms with van der Waals surface area (Å²) in [6, 6.07) is 6.98. The van der Waals surface area contributed by atoms with E-state index in [1.54, 1.807) is 6.07 Å². The van der Waals surface area contributed by atoms with E-state index in [2.05, 4.69) is 5.32 Å². The van der Waals surface area contributed by atoms with Gasteiger partial charge in [-0.15, -0.1) is 0 Å². The number of nitrogens with zero attached hydrogens (tertiary/aromatic N) is 1. The van der Waals surface area contributed by atoms with Gasteiger partial charge in [-0.05, 0) is 6.07 Å². The molecule has 0 bridgehead atoms. The molecule has 0 aliphatic heterocycles. The molecule has 7 heteroatoms. The molecule has 20 heavy (non-hydrogen) atoms. The van der Waals surface area contributed by atoms with Gasteiger partial charge in [0.25, 0.3) is 0 Å². The zero-order valence-corrected chi connectivity index (χ0v) is 10.1. The summed E-state index contributed by atoms with van der Waals surface area (Å²) < 4.78 is 40.0. The number of nitrogens with one attached hydrogen (secondary N) is 1. The van der Waals surface area contributed by atoms with E-state index in [9.17, 15) is 23.3 Å². The van der Waals surface area contributed by atoms with Crippen LogP contribution in [0.2, 0.25) is 0 Å². The van der Waals surface area contributed by atoms with Gasteiger partial charge in [-0.3, -0.25) is 10.1 Å². The molecule has 0 aromatic heterocycles. The zero-order chi connectivity index (χ0) is 14.7. The van der Waals surface area contributed by atoms with Gasteiger partial charge in [-0.1, -0.05) is 18.2 Å². The van der Waals surface area contributed by atoms with E-state index in [0.29, 0.717) is 6.07 Å². The maximum absolute atomic E-state index is 13.5. The highest BCUT2D eigenvalue weighted by atomic mass is 19.1. The second kappa shape index (κ2) is 5.60. The lowest BCUT2D eigenvalue weighted by Crippen LogP contribution is -2.05. The van der Waals surface area contributed by atoms with Crippen LogP contribution in [-0.4, -0.2) is 4.92 Å². The summed E-state index contributed by atoms with van der Waals surface area (Å²) in [7, 11) is 0. The predicted molar refractivity (Wildman–Crippen MR) is 66.7 cm³/mol. The highest BCUT2D eigenvalue weighted by Gasteiger charge is 2.18. The third kappa shape index (κ3) is 2.87. The lowest BCUT2D eigenvalue weighted by atomic mass is 10.2. The summed E-state index contributed by atoms with van der Waals surface area (Å²) in [5.41, 5.74) is -0.845. The van der Waals surface area contributed by atoms with Crippen molar-refractivity contribution in [3.63, 3.8) is 0 Å². The average molecular weight is 282 g/mol. The fraction of sp³-hybridized carbons (Fsp3) is 0.0769. The molecule has 0 unspecified atom stereocenters. The van der Waals surface area contributed by atoms with Crippen molar-refractivity contribution in [2.75, 3.05) is 5.32 Å². The van der Waals surface area contributed by atoms with E-state index in [0.717, 1.165) is 6.07 Å². The molecule has 0 aliphatic rings. The normalized spacial score (nSPS) is 10.3. The number of anilines is 1. The van der Waals surface area contributed by atoms with Crippen LogP contribution in [0.1, 0.15) is 5.56 Å². The Kier molecular flexibility index (Phi) is 3.88. The SMILES string of the molecule is O=[N+]([O-])c1cc(NCc2ccccc2F)c(F)cc1F. The van der Waals surface area contributed by atoms with E-state index < -0.39 is 28.1 Å². The smallest absolute Gasteiger partial charge is 0.307 e. The molecule has 0 radical (unpaired) electrons. The minimum atomic E-state index is -1.26. The van der Waals surface area contributed by atoms with Crippen LogP contribution in [0, 0.1) is 27.6 Å². The first-order valence-corrected chi connectivity index (χ1v) is 5.59. The van der Waals surface area contributed by atoms with Gasteiger partial charge in [-0.2, -0.15) is 4.39 Å². The van der Waals surface area contributed by atoms with Gasteiger partial charge < -0.3 is 5.32 Å². The lowest BCUT2D eigenvalue weighted by Gasteiger charge is -2.08. The molecule has 0 aliphatic carbocycles. The van der Waals surface area contributed by atoms with Crippen LogP contribution in [0.4, 0.5) is 24.5 Å². The highest BCUT2D eigenvalue weighted by molar-refractivity contribution is 5.53. The number of rotatable bonds is 4. The maximum atomic E-state index is 13.5. The van der Waals surface area contributed by atoms with Gasteiger partial charge in [0, 0.05) is 24.2 Å². The first kappa shape index (κ1) is 13.9. The molecule has 1 N–H and O–H groups in total. The molecular weight excluding hydrogens is 273 g/mol. The van der Waals surface area contributed by atoms with E-state index in [1.165, 1.54) is 18.2 Å². The van der Waals surface area contributed by atoms with Crippen molar-refractivity contribution in [2.45, 2.75) is 6.54 Å². The minimum Gasteiger partial charge on any atom is -0.378 e. The Morgan fingerprint density at radius 2 is 1.75 bits per heavy atom. The Morgan fingerprint density at radius 3 is 2.40 bits per heavy atom. The fourth-order valence-electron chi connectivity index (χ4n) is 1.65. The first-order chi connectivity index (χ1) is 9.49. The molecule has 2 aromatic rings. The Bertz CT molecular complexity index is 662. The number of nitro groups is 1. The molecule has 0 fully saturated rings. The van der Waals surface area contributed by atoms with Crippen LogP contribution in [0.5, 0.6) is 0 Å². The highest BCUT2D eigenvalue weighted by Crippen LogP contribution is 2.25. The van der Waals surface area contributed by atoms with Crippen LogP contribution in [0.3, 0.4) is 0 Å². The Hall–Kier alpha value is -2.57. The van der Waals surface area contributed by atoms with E-state index in [-0.39, 0.29) is 17.8 Å². The van der Waals surface area contributed by atoms with Gasteiger partial charge in [-0.25, -0.2) is 8.78 Å². The van der Waals surface area contributed by atoms with Crippen molar-refractivity contribution < 1.29 is 18.1 Å². The number of benzene rings is 2. The molecule has 104 valence electrons. The summed E-state index contributed by atoms with van der Waals surface area (Å²) in [5.74, 6) is -2.73. The number of nitro benzene ring substituents is 1. The molecule has 0 amide bonds. The lowest BCUT2D eigenvalue weighted by molar-refractivity contribution is -0.387. The van der Waals surface area contributed by atoms with Gasteiger partial charge in [0.2, 0.25) is 5.82 Å². The molecule has 0 spiro atoms. The molecule has 0 atom stereocenters. The molecule has 4 nitrogen and oxygen atoms in total. The average Bonchev–Trinajstić information content (AvgIpc) is 2.39. The van der Waals surface area contributed by atoms with Gasteiger partial charge in [0.1, 0.15) is 11.6 Å². The minimum absolute atomic E-state index is 0.0770. The van der Waals surface area contributed by atoms with Crippen LogP contribution in [0.15, 0.2) is 36.4 Å². The topological polar surface area (TPSA) is 55.2 Å². The predicted octanol–water partition coefficient (Wildman–Crippen LogP) is 3.62. The zero-order valence-electron chi connectivity index (χ0n) is 10.1. The van der Waals surface area contributed by atoms with Crippen molar-refractivity contribution in [1.29, 1.82) is 0 Å². The first-order valence-electron chi connectivity index (χ1n) is 5.59. The second-order valence-corrected chi connectivity index (χ2v) is 3.99. The Labute approximate surface area is 112 Å². The van der Waals surface area contributed by atoms with E-state index >= 15 is 0 Å². The fourth-order valence-corrected chi connectivity index (χ4v) is 1.65. The standard InChI is InChI=1S/C13H9F3N2O2/c14-9-4-2-1-3-8(9)7-17-12-6-13(18(19)20)11(16)5-10(12)15/h1-6,17H,7H2. The molecule has 2 rings (SSSR count). The monoisotopic (exact) mass is 282 g/mol. The maximum Gasteiger partial charge on any atom is 0.307 e. The van der Waals surface area contributed by atoms with Crippen molar-refractivity contribution in [1.82, 2.24) is 0 Å². The van der Waals surface area contributed by atoms with Gasteiger partial charge in [0.05, 0.1) is 10.6 Å². The second-order valence-electron chi connectivity index (χ2n) is 3.99. The van der Waals surface area contributed by atoms with Crippen LogP contribution >= 0.6 is 0 Å². The third-order valence-corrected chi connectivity index (χ3v) is 2.66. The van der Waals surface area contributed by atoms with Gasteiger partial charge in [0.15, 0.2) is 0 Å². The summed E-state index contributed by atoms with van der Waals surface area (Å²) in [6.07, 6.45) is 0. The Morgan fingerprint density at radius 1 is 1.05 bits per heavy atom. The van der Waals surface area contributed by atoms with Crippen LogP contribution in [-0.2, 0) is 6.54 Å². The summed E-state index contributed by atoms with van der Waals surface area (Å²) in [4.78, 5) is 9.61. The van der Waals surface area contributed by atoms with Gasteiger partial charge >= 0.3 is 5.69 Å². The van der Waals surface area contributed by atoms with E-state index in [4.69, 9.17) is 0 Å². The molecule has 0 saturated heterocycles. The van der Waals surface area contributed by atoms with Crippen LogP contribution in [0.25, 0.3) is 0 Å². The molecule has 0 saturated carbocycles. The Balaban J connectivity index is 2.24. The number of hydrogen-bond donors (Lipinski definition) is 1. The van der Waals surface area contributed by atoms with Crippen molar-refractivity contribution in [3.05, 3.63) is 69.5 Å². The van der Waals surface area contributed by atoms with Crippen molar-refractivity contribution in [2.24, 2.45) is 0 Å². The quantitative estimate of drug-likeness (QED) is 0.688. The number of halogens is 3. The largest absolute Gasteiger partial charge is 0.378 e. The molecule has 0 heterocycles.